The van der Waals surface area contributed by atoms with Gasteiger partial charge in [0.25, 0.3) is 0 Å². The van der Waals surface area contributed by atoms with E-state index in [1.165, 1.54) is 44.7 Å². The van der Waals surface area contributed by atoms with Gasteiger partial charge in [0.15, 0.2) is 0 Å². The quantitative estimate of drug-likeness (QED) is 0.855. The van der Waals surface area contributed by atoms with Crippen molar-refractivity contribution in [3.63, 3.8) is 0 Å². The van der Waals surface area contributed by atoms with Crippen molar-refractivity contribution in [2.24, 2.45) is 0 Å². The van der Waals surface area contributed by atoms with E-state index in [-0.39, 0.29) is 0 Å². The zero-order chi connectivity index (χ0) is 12.2. The standard InChI is InChI=1S/C15H23N3/c1-2-4-15-13-18(8-5-14(15)3-1)12-11-17-9-6-16-7-10-17/h1-4,16H,5-13H2. The van der Waals surface area contributed by atoms with Crippen LogP contribution in [0.2, 0.25) is 0 Å². The Hall–Kier alpha value is -0.900. The topological polar surface area (TPSA) is 18.5 Å². The lowest BCUT2D eigenvalue weighted by atomic mass is 10.00. The van der Waals surface area contributed by atoms with E-state index in [0.717, 1.165) is 19.6 Å². The summed E-state index contributed by atoms with van der Waals surface area (Å²) in [6, 6.07) is 8.89. The molecule has 2 aliphatic heterocycles. The summed E-state index contributed by atoms with van der Waals surface area (Å²) >= 11 is 0. The molecule has 18 heavy (non-hydrogen) atoms. The van der Waals surface area contributed by atoms with Gasteiger partial charge in [0.1, 0.15) is 0 Å². The minimum absolute atomic E-state index is 1.14. The summed E-state index contributed by atoms with van der Waals surface area (Å²) in [5.74, 6) is 0. The lowest BCUT2D eigenvalue weighted by Crippen LogP contribution is -2.46. The molecule has 1 aromatic carbocycles. The molecule has 0 bridgehead atoms. The fourth-order valence-corrected chi connectivity index (χ4v) is 2.96. The smallest absolute Gasteiger partial charge is 0.0237 e. The first-order valence-corrected chi connectivity index (χ1v) is 7.14. The van der Waals surface area contributed by atoms with E-state index < -0.39 is 0 Å². The number of nitrogens with zero attached hydrogens (tertiary/aromatic N) is 2. The zero-order valence-corrected chi connectivity index (χ0v) is 11.1. The van der Waals surface area contributed by atoms with Crippen LogP contribution < -0.4 is 5.32 Å². The summed E-state index contributed by atoms with van der Waals surface area (Å²) in [5.41, 5.74) is 3.08. The van der Waals surface area contributed by atoms with Crippen LogP contribution in [0.25, 0.3) is 0 Å². The molecule has 2 heterocycles. The largest absolute Gasteiger partial charge is 0.314 e. The van der Waals surface area contributed by atoms with Gasteiger partial charge in [-0.05, 0) is 17.5 Å². The van der Waals surface area contributed by atoms with E-state index in [1.54, 1.807) is 5.56 Å². The van der Waals surface area contributed by atoms with Crippen molar-refractivity contribution in [3.05, 3.63) is 35.4 Å². The molecule has 3 heteroatoms. The average Bonchev–Trinajstić information content (AvgIpc) is 2.46. The molecular weight excluding hydrogens is 222 g/mol. The van der Waals surface area contributed by atoms with Crippen LogP contribution in [0.3, 0.4) is 0 Å². The molecule has 0 aliphatic carbocycles. The number of piperazine rings is 1. The Balaban J connectivity index is 1.50. The van der Waals surface area contributed by atoms with E-state index in [0.29, 0.717) is 0 Å². The van der Waals surface area contributed by atoms with Gasteiger partial charge < -0.3 is 5.32 Å². The number of rotatable bonds is 3. The number of hydrogen-bond acceptors (Lipinski definition) is 3. The highest BCUT2D eigenvalue weighted by molar-refractivity contribution is 5.28. The molecular formula is C15H23N3. The fraction of sp³-hybridized carbons (Fsp3) is 0.600. The van der Waals surface area contributed by atoms with Crippen molar-refractivity contribution in [1.29, 1.82) is 0 Å². The zero-order valence-electron chi connectivity index (χ0n) is 11.1. The molecule has 0 spiro atoms. The van der Waals surface area contributed by atoms with Crippen LogP contribution in [0.5, 0.6) is 0 Å². The summed E-state index contributed by atoms with van der Waals surface area (Å²) in [6.45, 7) is 9.55. The van der Waals surface area contributed by atoms with Crippen LogP contribution in [0.4, 0.5) is 0 Å². The van der Waals surface area contributed by atoms with E-state index in [9.17, 15) is 0 Å². The Labute approximate surface area is 110 Å². The van der Waals surface area contributed by atoms with Crippen LogP contribution >= 0.6 is 0 Å². The lowest BCUT2D eigenvalue weighted by Gasteiger charge is -2.32. The van der Waals surface area contributed by atoms with Gasteiger partial charge in [-0.2, -0.15) is 0 Å². The lowest BCUT2D eigenvalue weighted by molar-refractivity contribution is 0.180. The molecule has 0 unspecified atom stereocenters. The van der Waals surface area contributed by atoms with Crippen molar-refractivity contribution in [2.75, 3.05) is 45.8 Å². The van der Waals surface area contributed by atoms with Crippen molar-refractivity contribution < 1.29 is 0 Å². The molecule has 0 amide bonds. The van der Waals surface area contributed by atoms with Crippen LogP contribution in [0.15, 0.2) is 24.3 Å². The predicted octanol–water partition coefficient (Wildman–Crippen LogP) is 0.950. The number of benzene rings is 1. The molecule has 98 valence electrons. The molecule has 3 nitrogen and oxygen atoms in total. The Morgan fingerprint density at radius 3 is 2.44 bits per heavy atom. The minimum Gasteiger partial charge on any atom is -0.314 e. The summed E-state index contributed by atoms with van der Waals surface area (Å²) in [7, 11) is 0. The molecule has 0 aromatic heterocycles. The van der Waals surface area contributed by atoms with E-state index in [4.69, 9.17) is 0 Å². The molecule has 0 atom stereocenters. The monoisotopic (exact) mass is 245 g/mol. The van der Waals surface area contributed by atoms with Gasteiger partial charge in [0.2, 0.25) is 0 Å². The molecule has 3 rings (SSSR count). The Morgan fingerprint density at radius 2 is 1.61 bits per heavy atom. The van der Waals surface area contributed by atoms with Gasteiger partial charge >= 0.3 is 0 Å². The number of hydrogen-bond donors (Lipinski definition) is 1. The molecule has 1 N–H and O–H groups in total. The van der Waals surface area contributed by atoms with Crippen molar-refractivity contribution in [1.82, 2.24) is 15.1 Å². The second-order valence-electron chi connectivity index (χ2n) is 5.39. The third kappa shape index (κ3) is 2.91. The van der Waals surface area contributed by atoms with Gasteiger partial charge in [-0.1, -0.05) is 24.3 Å². The molecule has 1 saturated heterocycles. The van der Waals surface area contributed by atoms with Crippen molar-refractivity contribution in [2.45, 2.75) is 13.0 Å². The Morgan fingerprint density at radius 1 is 0.889 bits per heavy atom. The van der Waals surface area contributed by atoms with E-state index >= 15 is 0 Å². The number of nitrogens with one attached hydrogen (secondary N) is 1. The Kier molecular flexibility index (Phi) is 3.93. The highest BCUT2D eigenvalue weighted by atomic mass is 15.2. The fourth-order valence-electron chi connectivity index (χ4n) is 2.96. The van der Waals surface area contributed by atoms with Crippen LogP contribution in [-0.2, 0) is 13.0 Å². The number of fused-ring (bicyclic) bond motifs is 1. The minimum atomic E-state index is 1.14. The molecule has 1 aromatic rings. The summed E-state index contributed by atoms with van der Waals surface area (Å²) in [4.78, 5) is 5.18. The van der Waals surface area contributed by atoms with Crippen molar-refractivity contribution >= 4 is 0 Å². The summed E-state index contributed by atoms with van der Waals surface area (Å²) < 4.78 is 0. The third-order valence-corrected chi connectivity index (χ3v) is 4.15. The highest BCUT2D eigenvalue weighted by Gasteiger charge is 2.16. The second-order valence-corrected chi connectivity index (χ2v) is 5.39. The maximum Gasteiger partial charge on any atom is 0.0237 e. The first-order chi connectivity index (χ1) is 8.92. The second kappa shape index (κ2) is 5.83. The maximum absolute atomic E-state index is 3.41. The molecule has 2 aliphatic rings. The summed E-state index contributed by atoms with van der Waals surface area (Å²) in [5, 5.41) is 3.41. The van der Waals surface area contributed by atoms with Gasteiger partial charge in [-0.3, -0.25) is 9.80 Å². The third-order valence-electron chi connectivity index (χ3n) is 4.15. The van der Waals surface area contributed by atoms with Gasteiger partial charge in [0.05, 0.1) is 0 Å². The van der Waals surface area contributed by atoms with Gasteiger partial charge in [0, 0.05) is 52.4 Å². The van der Waals surface area contributed by atoms with Gasteiger partial charge in [-0.25, -0.2) is 0 Å². The first kappa shape index (κ1) is 12.2. The van der Waals surface area contributed by atoms with Crippen LogP contribution in [0, 0.1) is 0 Å². The normalized spacial score (nSPS) is 21.8. The summed E-state index contributed by atoms with van der Waals surface area (Å²) in [6.07, 6.45) is 1.22. The van der Waals surface area contributed by atoms with Gasteiger partial charge in [-0.15, -0.1) is 0 Å². The predicted molar refractivity (Wildman–Crippen MR) is 74.7 cm³/mol. The SMILES string of the molecule is c1ccc2c(c1)CCN(CCN1CCNCC1)C2. The Bertz CT molecular complexity index is 385. The van der Waals surface area contributed by atoms with E-state index in [2.05, 4.69) is 39.4 Å². The van der Waals surface area contributed by atoms with Crippen molar-refractivity contribution in [3.8, 4) is 0 Å². The molecule has 0 radical (unpaired) electrons. The van der Waals surface area contributed by atoms with Crippen LogP contribution in [-0.4, -0.2) is 55.6 Å². The first-order valence-electron chi connectivity index (χ1n) is 7.14. The van der Waals surface area contributed by atoms with E-state index in [1.807, 2.05) is 0 Å². The average molecular weight is 245 g/mol. The maximum atomic E-state index is 3.41. The molecule has 0 saturated carbocycles. The highest BCUT2D eigenvalue weighted by Crippen LogP contribution is 2.18. The van der Waals surface area contributed by atoms with Crippen LogP contribution in [0.1, 0.15) is 11.1 Å². The molecule has 1 fully saturated rings.